The van der Waals surface area contributed by atoms with Crippen molar-refractivity contribution in [3.05, 3.63) is 0 Å². The van der Waals surface area contributed by atoms with Crippen LogP contribution in [0.15, 0.2) is 0 Å². The number of hydrogen-bond acceptors (Lipinski definition) is 4. The van der Waals surface area contributed by atoms with Crippen LogP contribution in [0.5, 0.6) is 0 Å². The molecule has 7 heteroatoms. The van der Waals surface area contributed by atoms with Crippen LogP contribution in [0.2, 0.25) is 0 Å². The van der Waals surface area contributed by atoms with Crippen molar-refractivity contribution in [2.75, 3.05) is 32.8 Å². The molecule has 0 bridgehead atoms. The molecule has 1 saturated heterocycles. The lowest BCUT2D eigenvalue weighted by molar-refractivity contribution is -0.149. The summed E-state index contributed by atoms with van der Waals surface area (Å²) in [5, 5.41) is 2.78. The number of amides is 3. The van der Waals surface area contributed by atoms with Gasteiger partial charge in [0.15, 0.2) is 0 Å². The lowest BCUT2D eigenvalue weighted by atomic mass is 9.89. The monoisotopic (exact) mass is 313 g/mol. The van der Waals surface area contributed by atoms with Crippen molar-refractivity contribution >= 4 is 17.9 Å². The minimum atomic E-state index is -1.11. The van der Waals surface area contributed by atoms with Crippen molar-refractivity contribution < 1.29 is 19.1 Å². The first-order chi connectivity index (χ1) is 10.2. The van der Waals surface area contributed by atoms with Crippen LogP contribution in [0.4, 0.5) is 4.79 Å². The van der Waals surface area contributed by atoms with E-state index in [1.807, 2.05) is 13.8 Å². The lowest BCUT2D eigenvalue weighted by Gasteiger charge is -2.37. The molecule has 0 unspecified atom stereocenters. The molecule has 0 spiro atoms. The van der Waals surface area contributed by atoms with Gasteiger partial charge in [0, 0.05) is 32.2 Å². The van der Waals surface area contributed by atoms with E-state index in [0.717, 1.165) is 0 Å². The van der Waals surface area contributed by atoms with Crippen LogP contribution in [-0.4, -0.2) is 66.5 Å². The number of nitrogens with one attached hydrogen (secondary N) is 1. The molecule has 0 radical (unpaired) electrons. The summed E-state index contributed by atoms with van der Waals surface area (Å²) in [5.74, 6) is -0.491. The predicted octanol–water partition coefficient (Wildman–Crippen LogP) is 0.838. The average Bonchev–Trinajstić information content (AvgIpc) is 2.46. The third-order valence-corrected chi connectivity index (χ3v) is 3.61. The summed E-state index contributed by atoms with van der Waals surface area (Å²) in [6, 6.07) is -0.0137. The Morgan fingerprint density at radius 1 is 1.09 bits per heavy atom. The van der Waals surface area contributed by atoms with Gasteiger partial charge in [-0.3, -0.25) is 9.59 Å². The molecule has 1 heterocycles. The van der Waals surface area contributed by atoms with Gasteiger partial charge < -0.3 is 19.9 Å². The molecule has 1 rings (SSSR count). The number of rotatable bonds is 4. The summed E-state index contributed by atoms with van der Waals surface area (Å²) in [6.07, 6.45) is -0.355. The van der Waals surface area contributed by atoms with Gasteiger partial charge in [-0.1, -0.05) is 0 Å². The van der Waals surface area contributed by atoms with Crippen molar-refractivity contribution in [3.8, 4) is 0 Å². The molecule has 1 N–H and O–H groups in total. The number of piperazine rings is 1. The van der Waals surface area contributed by atoms with Gasteiger partial charge in [-0.15, -0.1) is 0 Å². The van der Waals surface area contributed by atoms with Crippen molar-refractivity contribution in [1.29, 1.82) is 0 Å². The highest BCUT2D eigenvalue weighted by atomic mass is 16.6. The fraction of sp³-hybridized carbons (Fsp3) is 0.800. The smallest absolute Gasteiger partial charge is 0.409 e. The summed E-state index contributed by atoms with van der Waals surface area (Å²) in [5.41, 5.74) is -1.11. The van der Waals surface area contributed by atoms with E-state index in [-0.39, 0.29) is 23.9 Å². The van der Waals surface area contributed by atoms with E-state index in [2.05, 4.69) is 5.32 Å². The summed E-state index contributed by atoms with van der Waals surface area (Å²) < 4.78 is 4.95. The first-order valence-electron chi connectivity index (χ1n) is 7.72. The fourth-order valence-electron chi connectivity index (χ4n) is 2.24. The van der Waals surface area contributed by atoms with E-state index in [4.69, 9.17) is 4.74 Å². The van der Waals surface area contributed by atoms with Crippen LogP contribution in [0.25, 0.3) is 0 Å². The Morgan fingerprint density at radius 3 is 2.05 bits per heavy atom. The minimum Gasteiger partial charge on any atom is -0.450 e. The van der Waals surface area contributed by atoms with E-state index < -0.39 is 5.41 Å². The normalized spacial score (nSPS) is 15.7. The quantitative estimate of drug-likeness (QED) is 0.780. The third-order valence-electron chi connectivity index (χ3n) is 3.61. The molecule has 0 aliphatic carbocycles. The Bertz CT molecular complexity index is 427. The van der Waals surface area contributed by atoms with E-state index in [1.54, 1.807) is 30.6 Å². The minimum absolute atomic E-state index is 0.0137. The van der Waals surface area contributed by atoms with E-state index in [9.17, 15) is 14.4 Å². The lowest BCUT2D eigenvalue weighted by Crippen LogP contribution is -2.56. The Kier molecular flexibility index (Phi) is 6.20. The van der Waals surface area contributed by atoms with Crippen molar-refractivity contribution in [2.24, 2.45) is 5.41 Å². The number of hydrogen-bond donors (Lipinski definition) is 1. The summed E-state index contributed by atoms with van der Waals surface area (Å²) in [4.78, 5) is 39.6. The van der Waals surface area contributed by atoms with Crippen molar-refractivity contribution in [1.82, 2.24) is 15.1 Å². The zero-order valence-electron chi connectivity index (χ0n) is 14.1. The first kappa shape index (κ1) is 18.3. The van der Waals surface area contributed by atoms with Gasteiger partial charge in [-0.25, -0.2) is 4.79 Å². The molecule has 7 nitrogen and oxygen atoms in total. The molecule has 0 aromatic heterocycles. The van der Waals surface area contributed by atoms with Gasteiger partial charge in [-0.05, 0) is 34.6 Å². The molecule has 0 saturated carbocycles. The highest BCUT2D eigenvalue weighted by molar-refractivity contribution is 6.04. The fourth-order valence-corrected chi connectivity index (χ4v) is 2.24. The molecule has 1 aliphatic rings. The summed E-state index contributed by atoms with van der Waals surface area (Å²) >= 11 is 0. The van der Waals surface area contributed by atoms with Crippen LogP contribution in [0.3, 0.4) is 0 Å². The van der Waals surface area contributed by atoms with E-state index >= 15 is 0 Å². The van der Waals surface area contributed by atoms with Crippen molar-refractivity contribution in [3.63, 3.8) is 0 Å². The van der Waals surface area contributed by atoms with Gasteiger partial charge in [0.2, 0.25) is 11.8 Å². The number of carbonyl (C=O) groups is 3. The zero-order chi connectivity index (χ0) is 16.9. The standard InChI is InChI=1S/C15H27N3O4/c1-6-22-14(21)18-9-7-17(8-10-18)13(20)15(4,5)12(19)16-11(2)3/h11H,6-10H2,1-5H3,(H,16,19). The highest BCUT2D eigenvalue weighted by Crippen LogP contribution is 2.21. The molecule has 0 aromatic carbocycles. The molecule has 1 aliphatic heterocycles. The Labute approximate surface area is 132 Å². The van der Waals surface area contributed by atoms with Crippen LogP contribution in [0.1, 0.15) is 34.6 Å². The zero-order valence-corrected chi connectivity index (χ0v) is 14.1. The van der Waals surface area contributed by atoms with Gasteiger partial charge >= 0.3 is 6.09 Å². The maximum atomic E-state index is 12.6. The van der Waals surface area contributed by atoms with Gasteiger partial charge in [0.1, 0.15) is 5.41 Å². The van der Waals surface area contributed by atoms with E-state index in [0.29, 0.717) is 32.8 Å². The molecule has 22 heavy (non-hydrogen) atoms. The first-order valence-corrected chi connectivity index (χ1v) is 7.72. The molecular formula is C15H27N3O4. The second-order valence-corrected chi connectivity index (χ2v) is 6.23. The van der Waals surface area contributed by atoms with Crippen molar-refractivity contribution in [2.45, 2.75) is 40.7 Å². The molecular weight excluding hydrogens is 286 g/mol. The Hall–Kier alpha value is -1.79. The summed E-state index contributed by atoms with van der Waals surface area (Å²) in [7, 11) is 0. The molecule has 0 aromatic rings. The summed E-state index contributed by atoms with van der Waals surface area (Å²) in [6.45, 7) is 10.7. The largest absolute Gasteiger partial charge is 0.450 e. The molecule has 1 fully saturated rings. The van der Waals surface area contributed by atoms with Gasteiger partial charge in [0.05, 0.1) is 6.61 Å². The molecule has 126 valence electrons. The average molecular weight is 313 g/mol. The van der Waals surface area contributed by atoms with Crippen LogP contribution < -0.4 is 5.32 Å². The van der Waals surface area contributed by atoms with Gasteiger partial charge in [-0.2, -0.15) is 0 Å². The van der Waals surface area contributed by atoms with E-state index in [1.165, 1.54) is 0 Å². The van der Waals surface area contributed by atoms with Gasteiger partial charge in [0.25, 0.3) is 0 Å². The number of nitrogens with zero attached hydrogens (tertiary/aromatic N) is 2. The third kappa shape index (κ3) is 4.35. The number of carbonyl (C=O) groups excluding carboxylic acids is 3. The Balaban J connectivity index is 2.61. The SMILES string of the molecule is CCOC(=O)N1CCN(C(=O)C(C)(C)C(=O)NC(C)C)CC1. The van der Waals surface area contributed by atoms with Crippen LogP contribution >= 0.6 is 0 Å². The second kappa shape index (κ2) is 7.47. The Morgan fingerprint density at radius 2 is 1.59 bits per heavy atom. The topological polar surface area (TPSA) is 79.0 Å². The highest BCUT2D eigenvalue weighted by Gasteiger charge is 2.40. The molecule has 0 atom stereocenters. The number of ether oxygens (including phenoxy) is 1. The maximum Gasteiger partial charge on any atom is 0.409 e. The van der Waals surface area contributed by atoms with Crippen LogP contribution in [-0.2, 0) is 14.3 Å². The van der Waals surface area contributed by atoms with Crippen LogP contribution in [0, 0.1) is 5.41 Å². The predicted molar refractivity (Wildman–Crippen MR) is 82.2 cm³/mol. The second-order valence-electron chi connectivity index (χ2n) is 6.23. The molecule has 3 amide bonds. The maximum absolute atomic E-state index is 12.6.